The van der Waals surface area contributed by atoms with Crippen molar-refractivity contribution in [3.05, 3.63) is 84.9 Å². The van der Waals surface area contributed by atoms with Gasteiger partial charge < -0.3 is 4.42 Å². The Balaban J connectivity index is 1.74. The molecule has 0 aliphatic carbocycles. The first-order valence-corrected chi connectivity index (χ1v) is 8.58. The second-order valence-electron chi connectivity index (χ2n) is 6.46. The molecular formula is C23H16N2O. The van der Waals surface area contributed by atoms with E-state index in [9.17, 15) is 0 Å². The molecule has 0 atom stereocenters. The summed E-state index contributed by atoms with van der Waals surface area (Å²) in [6.45, 7) is 2.10. The molecule has 3 nitrogen and oxygen atoms in total. The van der Waals surface area contributed by atoms with Crippen molar-refractivity contribution in [1.82, 2.24) is 9.97 Å². The number of nitrogens with zero attached hydrogens (tertiary/aromatic N) is 2. The Labute approximate surface area is 151 Å². The lowest BCUT2D eigenvalue weighted by Gasteiger charge is -2.09. The third-order valence-corrected chi connectivity index (χ3v) is 4.73. The predicted molar refractivity (Wildman–Crippen MR) is 105 cm³/mol. The van der Waals surface area contributed by atoms with E-state index in [2.05, 4.69) is 59.4 Å². The largest absolute Gasteiger partial charge is 0.462 e. The fourth-order valence-electron chi connectivity index (χ4n) is 3.38. The van der Waals surface area contributed by atoms with Crippen molar-refractivity contribution in [2.45, 2.75) is 6.92 Å². The van der Waals surface area contributed by atoms with Crippen molar-refractivity contribution in [2.24, 2.45) is 0 Å². The van der Waals surface area contributed by atoms with Gasteiger partial charge in [0.1, 0.15) is 5.52 Å². The highest BCUT2D eigenvalue weighted by atomic mass is 16.3. The Bertz CT molecular complexity index is 1240. The lowest BCUT2D eigenvalue weighted by Crippen LogP contribution is -1.89. The van der Waals surface area contributed by atoms with E-state index in [4.69, 9.17) is 4.42 Å². The number of aryl methyl sites for hydroxylation is 1. The number of aromatic nitrogens is 2. The molecule has 0 saturated carbocycles. The summed E-state index contributed by atoms with van der Waals surface area (Å²) in [5, 5.41) is 2.08. The van der Waals surface area contributed by atoms with E-state index in [0.29, 0.717) is 0 Å². The van der Waals surface area contributed by atoms with Crippen molar-refractivity contribution in [1.29, 1.82) is 0 Å². The van der Waals surface area contributed by atoms with Crippen LogP contribution in [0, 0.1) is 6.92 Å². The van der Waals surface area contributed by atoms with E-state index in [1.807, 2.05) is 24.4 Å². The minimum absolute atomic E-state index is 0.819. The van der Waals surface area contributed by atoms with Gasteiger partial charge >= 0.3 is 0 Å². The number of hydrogen-bond donors (Lipinski definition) is 0. The number of fused-ring (bicyclic) bond motifs is 3. The van der Waals surface area contributed by atoms with E-state index in [1.165, 1.54) is 11.1 Å². The van der Waals surface area contributed by atoms with Crippen LogP contribution in [0.5, 0.6) is 0 Å². The Morgan fingerprint density at radius 1 is 0.808 bits per heavy atom. The molecule has 0 spiro atoms. The van der Waals surface area contributed by atoms with Gasteiger partial charge in [-0.2, -0.15) is 0 Å². The lowest BCUT2D eigenvalue weighted by molar-refractivity contribution is 0.618. The van der Waals surface area contributed by atoms with Crippen LogP contribution in [0.1, 0.15) is 5.56 Å². The molecule has 0 aliphatic heterocycles. The van der Waals surface area contributed by atoms with E-state index >= 15 is 0 Å². The lowest BCUT2D eigenvalue weighted by atomic mass is 9.99. The summed E-state index contributed by atoms with van der Waals surface area (Å²) in [5.41, 5.74) is 7.28. The molecule has 124 valence electrons. The minimum Gasteiger partial charge on any atom is -0.462 e. The molecule has 0 saturated heterocycles. The van der Waals surface area contributed by atoms with Crippen molar-refractivity contribution < 1.29 is 4.42 Å². The van der Waals surface area contributed by atoms with Gasteiger partial charge in [0, 0.05) is 28.7 Å². The molecule has 0 amide bonds. The quantitative estimate of drug-likeness (QED) is 0.396. The van der Waals surface area contributed by atoms with Crippen LogP contribution in [0.25, 0.3) is 44.3 Å². The van der Waals surface area contributed by atoms with Gasteiger partial charge in [-0.15, -0.1) is 0 Å². The SMILES string of the molecule is Cc1ccc(-c2ccnc(-c3cc4ccoc4c4ncccc34)c2)cc1. The van der Waals surface area contributed by atoms with E-state index < -0.39 is 0 Å². The van der Waals surface area contributed by atoms with Gasteiger partial charge in [0.15, 0.2) is 5.58 Å². The zero-order chi connectivity index (χ0) is 17.5. The smallest absolute Gasteiger partial charge is 0.160 e. The molecule has 26 heavy (non-hydrogen) atoms. The van der Waals surface area contributed by atoms with Crippen molar-refractivity contribution in [2.75, 3.05) is 0 Å². The first-order chi connectivity index (χ1) is 12.8. The van der Waals surface area contributed by atoms with Gasteiger partial charge in [0.2, 0.25) is 0 Å². The predicted octanol–water partition coefficient (Wildman–Crippen LogP) is 6.02. The van der Waals surface area contributed by atoms with Gasteiger partial charge in [-0.25, -0.2) is 0 Å². The molecule has 5 rings (SSSR count). The summed E-state index contributed by atoms with van der Waals surface area (Å²) in [4.78, 5) is 9.17. The topological polar surface area (TPSA) is 38.9 Å². The average molecular weight is 336 g/mol. The summed E-state index contributed by atoms with van der Waals surface area (Å²) < 4.78 is 5.64. The zero-order valence-electron chi connectivity index (χ0n) is 14.3. The van der Waals surface area contributed by atoms with Crippen molar-refractivity contribution in [3.8, 4) is 22.4 Å². The Morgan fingerprint density at radius 2 is 1.69 bits per heavy atom. The third kappa shape index (κ3) is 2.37. The molecule has 0 radical (unpaired) electrons. The van der Waals surface area contributed by atoms with Gasteiger partial charge in [-0.1, -0.05) is 35.9 Å². The summed E-state index contributed by atoms with van der Waals surface area (Å²) in [7, 11) is 0. The first-order valence-electron chi connectivity index (χ1n) is 8.58. The highest BCUT2D eigenvalue weighted by Gasteiger charge is 2.13. The average Bonchev–Trinajstić information content (AvgIpc) is 3.17. The second-order valence-corrected chi connectivity index (χ2v) is 6.46. The number of pyridine rings is 2. The summed E-state index contributed by atoms with van der Waals surface area (Å²) in [6, 6.07) is 20.9. The van der Waals surface area contributed by atoms with Crippen LogP contribution in [-0.2, 0) is 0 Å². The highest BCUT2D eigenvalue weighted by molar-refractivity contribution is 6.09. The molecule has 0 unspecified atom stereocenters. The van der Waals surface area contributed by atoms with Crippen LogP contribution in [-0.4, -0.2) is 9.97 Å². The molecule has 3 heterocycles. The fourth-order valence-corrected chi connectivity index (χ4v) is 3.38. The Hall–Kier alpha value is -3.46. The second kappa shape index (κ2) is 5.81. The molecule has 0 aliphatic rings. The number of hydrogen-bond acceptors (Lipinski definition) is 3. The van der Waals surface area contributed by atoms with Gasteiger partial charge in [-0.05, 0) is 48.4 Å². The molecule has 5 aromatic rings. The molecule has 3 aromatic heterocycles. The van der Waals surface area contributed by atoms with Gasteiger partial charge in [-0.3, -0.25) is 9.97 Å². The van der Waals surface area contributed by atoms with Crippen LogP contribution in [0.3, 0.4) is 0 Å². The standard InChI is InChI=1S/C23H16N2O/c1-15-4-6-16(7-5-15)17-8-11-24-21(14-17)20-13-18-9-12-26-23(18)22-19(20)3-2-10-25-22/h2-14H,1H3. The van der Waals surface area contributed by atoms with E-state index in [1.54, 1.807) is 12.5 Å². The summed E-state index contributed by atoms with van der Waals surface area (Å²) >= 11 is 0. The van der Waals surface area contributed by atoms with Crippen LogP contribution < -0.4 is 0 Å². The zero-order valence-corrected chi connectivity index (χ0v) is 14.3. The normalized spacial score (nSPS) is 11.3. The monoisotopic (exact) mass is 336 g/mol. The molecule has 0 N–H and O–H groups in total. The molecule has 0 bridgehead atoms. The molecule has 3 heteroatoms. The maximum Gasteiger partial charge on any atom is 0.160 e. The van der Waals surface area contributed by atoms with E-state index in [-0.39, 0.29) is 0 Å². The number of furan rings is 1. The van der Waals surface area contributed by atoms with Crippen molar-refractivity contribution in [3.63, 3.8) is 0 Å². The molecule has 0 fully saturated rings. The van der Waals surface area contributed by atoms with Gasteiger partial charge in [0.05, 0.1) is 12.0 Å². The van der Waals surface area contributed by atoms with Gasteiger partial charge in [0.25, 0.3) is 0 Å². The molecule has 2 aromatic carbocycles. The third-order valence-electron chi connectivity index (χ3n) is 4.73. The fraction of sp³-hybridized carbons (Fsp3) is 0.0435. The highest BCUT2D eigenvalue weighted by Crippen LogP contribution is 2.34. The summed E-state index contributed by atoms with van der Waals surface area (Å²) in [5.74, 6) is 0. The van der Waals surface area contributed by atoms with Crippen LogP contribution in [0.4, 0.5) is 0 Å². The Morgan fingerprint density at radius 3 is 2.58 bits per heavy atom. The van der Waals surface area contributed by atoms with Crippen LogP contribution in [0.15, 0.2) is 83.7 Å². The maximum atomic E-state index is 5.64. The van der Waals surface area contributed by atoms with Crippen LogP contribution >= 0.6 is 0 Å². The van der Waals surface area contributed by atoms with Crippen LogP contribution in [0.2, 0.25) is 0 Å². The molecular weight excluding hydrogens is 320 g/mol. The maximum absolute atomic E-state index is 5.64. The first kappa shape index (κ1) is 14.8. The number of benzene rings is 2. The summed E-state index contributed by atoms with van der Waals surface area (Å²) in [6.07, 6.45) is 5.37. The number of rotatable bonds is 2. The van der Waals surface area contributed by atoms with E-state index in [0.717, 1.165) is 38.7 Å². The minimum atomic E-state index is 0.819. The van der Waals surface area contributed by atoms with Crippen molar-refractivity contribution >= 4 is 21.9 Å². The Kier molecular flexibility index (Phi) is 3.32.